The second-order valence-electron chi connectivity index (χ2n) is 7.17. The minimum Gasteiger partial charge on any atom is -0.497 e. The summed E-state index contributed by atoms with van der Waals surface area (Å²) in [5.41, 5.74) is -0.583. The Morgan fingerprint density at radius 1 is 1.03 bits per heavy atom. The maximum absolute atomic E-state index is 13.0. The number of nitrogens with zero attached hydrogens (tertiary/aromatic N) is 2. The van der Waals surface area contributed by atoms with Gasteiger partial charge in [-0.15, -0.1) is 0 Å². The first-order valence-electron chi connectivity index (χ1n) is 9.72. The number of methoxy groups -OCH3 is 1. The van der Waals surface area contributed by atoms with Crippen LogP contribution in [0.15, 0.2) is 65.7 Å². The van der Waals surface area contributed by atoms with Crippen molar-refractivity contribution in [1.29, 1.82) is 0 Å². The van der Waals surface area contributed by atoms with Crippen molar-refractivity contribution in [2.75, 3.05) is 14.2 Å². The number of pyridine rings is 1. The van der Waals surface area contributed by atoms with Gasteiger partial charge in [-0.2, -0.15) is 17.5 Å². The number of benzene rings is 2. The van der Waals surface area contributed by atoms with Gasteiger partial charge < -0.3 is 19.5 Å². The summed E-state index contributed by atoms with van der Waals surface area (Å²) in [4.78, 5) is 3.53. The Kier molecular flexibility index (Phi) is 7.51. The van der Waals surface area contributed by atoms with E-state index in [4.69, 9.17) is 9.47 Å². The molecule has 3 aromatic rings. The first-order valence-corrected chi connectivity index (χ1v) is 11.2. The third kappa shape index (κ3) is 5.86. The fourth-order valence-electron chi connectivity index (χ4n) is 2.94. The molecule has 0 aliphatic heterocycles. The Bertz CT molecular complexity index is 1240. The Hall–Kier alpha value is -3.13. The lowest BCUT2D eigenvalue weighted by Crippen LogP contribution is -2.34. The average Bonchev–Trinajstić information content (AvgIpc) is 2.79. The molecule has 2 N–H and O–H groups in total. The molecule has 13 heteroatoms. The van der Waals surface area contributed by atoms with Crippen LogP contribution in [0.1, 0.15) is 11.1 Å². The van der Waals surface area contributed by atoms with Crippen LogP contribution in [0.3, 0.4) is 0 Å². The van der Waals surface area contributed by atoms with Crippen LogP contribution < -0.4 is 14.9 Å². The van der Waals surface area contributed by atoms with Crippen molar-refractivity contribution < 1.29 is 41.1 Å². The highest BCUT2D eigenvalue weighted by atomic mass is 32.2. The molecule has 0 unspecified atom stereocenters. The Morgan fingerprint density at radius 2 is 1.62 bits per heavy atom. The second-order valence-corrected chi connectivity index (χ2v) is 9.22. The van der Waals surface area contributed by atoms with Gasteiger partial charge in [0.1, 0.15) is 16.4 Å². The van der Waals surface area contributed by atoms with Gasteiger partial charge in [0.15, 0.2) is 0 Å². The van der Waals surface area contributed by atoms with E-state index >= 15 is 0 Å². The van der Waals surface area contributed by atoms with E-state index < -0.39 is 28.9 Å². The van der Waals surface area contributed by atoms with Gasteiger partial charge in [-0.1, -0.05) is 12.1 Å². The zero-order valence-corrected chi connectivity index (χ0v) is 18.8. The summed E-state index contributed by atoms with van der Waals surface area (Å²) in [6, 6.07) is 11.4. The van der Waals surface area contributed by atoms with Crippen LogP contribution in [-0.4, -0.2) is 49.0 Å². The first kappa shape index (κ1) is 25.5. The number of hydrogen-bond donors (Lipinski definition) is 2. The Labute approximate surface area is 194 Å². The van der Waals surface area contributed by atoms with Crippen LogP contribution >= 0.6 is 0 Å². The highest BCUT2D eigenvalue weighted by Gasteiger charge is 2.30. The number of sulfonamides is 1. The number of halogens is 3. The van der Waals surface area contributed by atoms with E-state index in [0.717, 1.165) is 40.8 Å². The number of aromatic nitrogens is 1. The molecule has 0 amide bonds. The van der Waals surface area contributed by atoms with Gasteiger partial charge in [-0.25, -0.2) is 13.4 Å². The molecule has 0 bridgehead atoms. The summed E-state index contributed by atoms with van der Waals surface area (Å²) in [6.07, 6.45) is -3.57. The second kappa shape index (κ2) is 10.0. The molecule has 0 fully saturated rings. The molecule has 2 aromatic carbocycles. The molecule has 0 aliphatic rings. The fraction of sp³-hybridized carbons (Fsp3) is 0.190. The molecular weight excluding hydrogens is 476 g/mol. The lowest BCUT2D eigenvalue weighted by Gasteiger charge is -2.18. The van der Waals surface area contributed by atoms with E-state index in [1.165, 1.54) is 14.2 Å². The molecule has 0 saturated carbocycles. The SMILES string of the molecule is COc1ccc(CN(C)S(=O)(=O)c2cnc(Oc3ccc(C(F)(F)F)cc3)c(B(O)O)c2)cc1. The van der Waals surface area contributed by atoms with E-state index in [1.807, 2.05) is 0 Å². The van der Waals surface area contributed by atoms with Crippen molar-refractivity contribution in [3.05, 3.63) is 71.9 Å². The molecule has 0 saturated heterocycles. The van der Waals surface area contributed by atoms with Gasteiger partial charge in [0.25, 0.3) is 0 Å². The smallest absolute Gasteiger partial charge is 0.494 e. The average molecular weight is 496 g/mol. The van der Waals surface area contributed by atoms with Crippen molar-refractivity contribution in [1.82, 2.24) is 9.29 Å². The topological polar surface area (TPSA) is 109 Å². The van der Waals surface area contributed by atoms with Crippen LogP contribution in [0.5, 0.6) is 17.4 Å². The largest absolute Gasteiger partial charge is 0.497 e. The third-order valence-corrected chi connectivity index (χ3v) is 6.57. The minimum atomic E-state index is -4.53. The molecule has 0 atom stereocenters. The van der Waals surface area contributed by atoms with Crippen molar-refractivity contribution in [2.45, 2.75) is 17.6 Å². The molecular formula is C21H20BF3N2O6S. The number of rotatable bonds is 8. The van der Waals surface area contributed by atoms with E-state index in [1.54, 1.807) is 24.3 Å². The number of hydrogen-bond acceptors (Lipinski definition) is 7. The number of ether oxygens (including phenoxy) is 2. The maximum Gasteiger partial charge on any atom is 0.494 e. The maximum atomic E-state index is 13.0. The van der Waals surface area contributed by atoms with Gasteiger partial charge >= 0.3 is 13.3 Å². The molecule has 34 heavy (non-hydrogen) atoms. The minimum absolute atomic E-state index is 0.0210. The normalized spacial score (nSPS) is 12.0. The summed E-state index contributed by atoms with van der Waals surface area (Å²) in [5, 5.41) is 19.4. The molecule has 0 aliphatic carbocycles. The Balaban J connectivity index is 1.84. The van der Waals surface area contributed by atoms with E-state index in [2.05, 4.69) is 4.98 Å². The van der Waals surface area contributed by atoms with Crippen LogP contribution in [0.4, 0.5) is 13.2 Å². The molecule has 8 nitrogen and oxygen atoms in total. The van der Waals surface area contributed by atoms with Crippen LogP contribution in [-0.2, 0) is 22.7 Å². The zero-order chi connectivity index (χ0) is 25.1. The van der Waals surface area contributed by atoms with E-state index in [-0.39, 0.29) is 28.5 Å². The molecule has 0 spiro atoms. The number of alkyl halides is 3. The molecule has 1 heterocycles. The molecule has 180 valence electrons. The summed E-state index contributed by atoms with van der Waals surface area (Å²) < 4.78 is 75.6. The highest BCUT2D eigenvalue weighted by molar-refractivity contribution is 7.89. The molecule has 3 rings (SSSR count). The fourth-order valence-corrected chi connectivity index (χ4v) is 4.08. The van der Waals surface area contributed by atoms with Gasteiger partial charge in [-0.05, 0) is 48.0 Å². The first-order chi connectivity index (χ1) is 15.9. The zero-order valence-electron chi connectivity index (χ0n) is 18.0. The van der Waals surface area contributed by atoms with Crippen molar-refractivity contribution in [2.24, 2.45) is 0 Å². The molecule has 0 radical (unpaired) electrons. The standard InChI is InChI=1S/C21H20BF3N2O6S/c1-27(13-14-3-7-16(32-2)8-4-14)34(30,31)18-11-19(22(28)29)20(26-12-18)33-17-9-5-15(6-10-17)21(23,24)25/h3-12,28-29H,13H2,1-2H3. The van der Waals surface area contributed by atoms with Crippen molar-refractivity contribution in [3.8, 4) is 17.4 Å². The lowest BCUT2D eigenvalue weighted by molar-refractivity contribution is -0.137. The van der Waals surface area contributed by atoms with Gasteiger partial charge in [0.05, 0.1) is 18.9 Å². The summed E-state index contributed by atoms with van der Waals surface area (Å²) in [6.45, 7) is 0.0210. The monoisotopic (exact) mass is 496 g/mol. The lowest BCUT2D eigenvalue weighted by atomic mass is 9.81. The van der Waals surface area contributed by atoms with Crippen molar-refractivity contribution >= 4 is 22.6 Å². The molecule has 1 aromatic heterocycles. The highest BCUT2D eigenvalue weighted by Crippen LogP contribution is 2.31. The predicted octanol–water partition coefficient (Wildman–Crippen LogP) is 2.40. The summed E-state index contributed by atoms with van der Waals surface area (Å²) in [7, 11) is -3.38. The predicted molar refractivity (Wildman–Crippen MR) is 117 cm³/mol. The van der Waals surface area contributed by atoms with E-state index in [9.17, 15) is 31.6 Å². The van der Waals surface area contributed by atoms with Gasteiger partial charge in [0, 0.05) is 19.1 Å². The third-order valence-electron chi connectivity index (χ3n) is 4.80. The van der Waals surface area contributed by atoms with Crippen molar-refractivity contribution in [3.63, 3.8) is 0 Å². The van der Waals surface area contributed by atoms with Crippen LogP contribution in [0, 0.1) is 0 Å². The van der Waals surface area contributed by atoms with Crippen LogP contribution in [0.2, 0.25) is 0 Å². The van der Waals surface area contributed by atoms with Gasteiger partial charge in [0.2, 0.25) is 15.9 Å². The Morgan fingerprint density at radius 3 is 2.15 bits per heavy atom. The summed E-state index contributed by atoms with van der Waals surface area (Å²) >= 11 is 0. The van der Waals surface area contributed by atoms with E-state index in [0.29, 0.717) is 11.3 Å². The van der Waals surface area contributed by atoms with Crippen LogP contribution in [0.25, 0.3) is 0 Å². The van der Waals surface area contributed by atoms with Gasteiger partial charge in [-0.3, -0.25) is 0 Å². The summed E-state index contributed by atoms with van der Waals surface area (Å²) in [5.74, 6) is 0.185. The quantitative estimate of drug-likeness (QED) is 0.461.